The normalized spacial score (nSPS) is 27.1. The van der Waals surface area contributed by atoms with Crippen LogP contribution in [0.5, 0.6) is 0 Å². The lowest BCUT2D eigenvalue weighted by Crippen LogP contribution is -1.88. The van der Waals surface area contributed by atoms with E-state index in [9.17, 15) is 0 Å². The van der Waals surface area contributed by atoms with Gasteiger partial charge in [-0.05, 0) is 0 Å². The van der Waals surface area contributed by atoms with Crippen LogP contribution in [0.1, 0.15) is 0 Å². The minimum Gasteiger partial charge on any atom is -0.293 e. The molecule has 38 valence electrons. The van der Waals surface area contributed by atoms with E-state index in [2.05, 4.69) is 4.99 Å². The maximum atomic E-state index is 5.30. The second-order valence-electron chi connectivity index (χ2n) is 1.06. The third-order valence-electron chi connectivity index (χ3n) is 0.594. The van der Waals surface area contributed by atoms with E-state index < -0.39 is 0 Å². The Morgan fingerprint density at radius 2 is 2.57 bits per heavy atom. The molecule has 0 aromatic rings. The molecule has 2 radical (unpaired) electrons. The first-order valence-electron chi connectivity index (χ1n) is 1.78. The number of halogens is 1. The minimum absolute atomic E-state index is 0. The second-order valence-corrected chi connectivity index (χ2v) is 2.21. The molecule has 7 heavy (non-hydrogen) atoms. The lowest BCUT2D eigenvalue weighted by Gasteiger charge is -1.89. The fourth-order valence-corrected chi connectivity index (χ4v) is 0.873. The van der Waals surface area contributed by atoms with Crippen molar-refractivity contribution in [1.82, 2.24) is 0 Å². The Hall–Kier alpha value is 0.0149. The highest BCUT2D eigenvalue weighted by molar-refractivity contribution is 8.01. The molecule has 0 spiro atoms. The monoisotopic (exact) mass is 117 g/mol. The first-order chi connectivity index (χ1) is 2.89. The molecule has 0 bridgehead atoms. The molecule has 0 saturated carbocycles. The molecular weight excluding hydrogens is 112 g/mol. The van der Waals surface area contributed by atoms with E-state index >= 15 is 0 Å². The van der Waals surface area contributed by atoms with Crippen molar-refractivity contribution in [2.45, 2.75) is 5.27 Å². The molecule has 0 aromatic carbocycles. The molecule has 0 aliphatic carbocycles. The predicted octanol–water partition coefficient (Wildman–Crippen LogP) is 0.409. The largest absolute Gasteiger partial charge is 0.293 e. The highest BCUT2D eigenvalue weighted by Crippen LogP contribution is 2.11. The average molecular weight is 117 g/mol. The average Bonchev–Trinajstić information content (AvgIpc) is 1.86. The number of aliphatic imine (C=N–C) groups is 1. The fraction of sp³-hybridized carbons (Fsp3) is 0.667. The Kier molecular flexibility index (Phi) is 3.08. The van der Waals surface area contributed by atoms with Crippen LogP contribution in [0.3, 0.4) is 0 Å². The standard InChI is InChI=1S/C3H4BNS.FH/c4-3-5-1-2-6-3;/h1,3H,2H2;1H. The summed E-state index contributed by atoms with van der Waals surface area (Å²) in [6.45, 7) is 0. The fourth-order valence-electron chi connectivity index (χ4n) is 0.332. The lowest BCUT2D eigenvalue weighted by atomic mass is 10.2. The van der Waals surface area contributed by atoms with Crippen LogP contribution in [0.15, 0.2) is 4.99 Å². The van der Waals surface area contributed by atoms with E-state index in [0.29, 0.717) is 0 Å². The Bertz CT molecular complexity index is 77.3. The summed E-state index contributed by atoms with van der Waals surface area (Å²) in [5.74, 6) is 0.987. The molecule has 1 aliphatic heterocycles. The van der Waals surface area contributed by atoms with Crippen LogP contribution in [-0.2, 0) is 0 Å². The zero-order chi connectivity index (χ0) is 4.41. The van der Waals surface area contributed by atoms with Crippen LogP contribution in [-0.4, -0.2) is 25.1 Å². The quantitative estimate of drug-likeness (QED) is 0.418. The van der Waals surface area contributed by atoms with Crippen molar-refractivity contribution in [2.75, 3.05) is 5.75 Å². The van der Waals surface area contributed by atoms with Crippen LogP contribution < -0.4 is 0 Å². The summed E-state index contributed by atoms with van der Waals surface area (Å²) in [5.41, 5.74) is 0. The molecule has 1 atom stereocenters. The van der Waals surface area contributed by atoms with Gasteiger partial charge in [0.1, 0.15) is 7.85 Å². The molecule has 0 amide bonds. The molecule has 1 unspecified atom stereocenters. The van der Waals surface area contributed by atoms with Crippen molar-refractivity contribution >= 4 is 25.8 Å². The van der Waals surface area contributed by atoms with Gasteiger partial charge in [-0.15, -0.1) is 11.8 Å². The maximum Gasteiger partial charge on any atom is 0.117 e. The third-order valence-corrected chi connectivity index (χ3v) is 1.40. The molecule has 0 fully saturated rings. The summed E-state index contributed by atoms with van der Waals surface area (Å²) in [7, 11) is 5.30. The molecule has 1 heterocycles. The third kappa shape index (κ3) is 1.97. The van der Waals surface area contributed by atoms with Gasteiger partial charge in [0.05, 0.1) is 5.27 Å². The highest BCUT2D eigenvalue weighted by atomic mass is 32.2. The van der Waals surface area contributed by atoms with Gasteiger partial charge in [-0.1, -0.05) is 0 Å². The number of hydrogen-bond donors (Lipinski definition) is 0. The van der Waals surface area contributed by atoms with Crippen molar-refractivity contribution < 1.29 is 4.70 Å². The van der Waals surface area contributed by atoms with E-state index in [4.69, 9.17) is 7.85 Å². The molecule has 1 aliphatic rings. The van der Waals surface area contributed by atoms with Crippen molar-refractivity contribution in [1.29, 1.82) is 0 Å². The topological polar surface area (TPSA) is 12.4 Å². The number of hydrogen-bond acceptors (Lipinski definition) is 2. The summed E-state index contributed by atoms with van der Waals surface area (Å²) in [4.78, 5) is 3.85. The lowest BCUT2D eigenvalue weighted by molar-refractivity contribution is 1.11. The van der Waals surface area contributed by atoms with Gasteiger partial charge >= 0.3 is 0 Å². The van der Waals surface area contributed by atoms with Gasteiger partial charge in [0.15, 0.2) is 0 Å². The second kappa shape index (κ2) is 3.07. The van der Waals surface area contributed by atoms with Crippen LogP contribution >= 0.6 is 11.8 Å². The molecule has 1 nitrogen and oxygen atoms in total. The zero-order valence-corrected chi connectivity index (χ0v) is 4.52. The summed E-state index contributed by atoms with van der Waals surface area (Å²) in [5, 5.41) is 0.0324. The highest BCUT2D eigenvalue weighted by Gasteiger charge is 2.00. The minimum atomic E-state index is 0. The molecule has 1 rings (SSSR count). The van der Waals surface area contributed by atoms with Crippen molar-refractivity contribution in [3.8, 4) is 0 Å². The van der Waals surface area contributed by atoms with Crippen molar-refractivity contribution in [2.24, 2.45) is 4.99 Å². The Morgan fingerprint density at radius 3 is 2.71 bits per heavy atom. The number of thioether (sulfide) groups is 1. The number of rotatable bonds is 0. The van der Waals surface area contributed by atoms with Gasteiger partial charge in [-0.3, -0.25) is 9.70 Å². The summed E-state index contributed by atoms with van der Waals surface area (Å²) in [6, 6.07) is 0. The van der Waals surface area contributed by atoms with Crippen LogP contribution in [0, 0.1) is 0 Å². The first-order valence-corrected chi connectivity index (χ1v) is 2.83. The van der Waals surface area contributed by atoms with Gasteiger partial charge in [0.2, 0.25) is 0 Å². The molecule has 0 aromatic heterocycles. The Morgan fingerprint density at radius 1 is 1.86 bits per heavy atom. The van der Waals surface area contributed by atoms with Gasteiger partial charge in [0.25, 0.3) is 0 Å². The molecule has 0 N–H and O–H groups in total. The van der Waals surface area contributed by atoms with Gasteiger partial charge < -0.3 is 0 Å². The van der Waals surface area contributed by atoms with Crippen LogP contribution in [0.25, 0.3) is 0 Å². The SMILES string of the molecule is F.[B]C1N=CCS1. The molecule has 4 heteroatoms. The summed E-state index contributed by atoms with van der Waals surface area (Å²) in [6.07, 6.45) is 1.84. The van der Waals surface area contributed by atoms with Gasteiger partial charge in [0, 0.05) is 12.0 Å². The predicted molar refractivity (Wildman–Crippen MR) is 33.0 cm³/mol. The van der Waals surface area contributed by atoms with Crippen molar-refractivity contribution in [3.05, 3.63) is 0 Å². The van der Waals surface area contributed by atoms with Crippen LogP contribution in [0.4, 0.5) is 4.70 Å². The van der Waals surface area contributed by atoms with E-state index in [1.165, 1.54) is 0 Å². The van der Waals surface area contributed by atoms with Gasteiger partial charge in [-0.2, -0.15) is 0 Å². The summed E-state index contributed by atoms with van der Waals surface area (Å²) >= 11 is 1.65. The smallest absolute Gasteiger partial charge is 0.117 e. The maximum absolute atomic E-state index is 5.30. The Labute approximate surface area is 47.4 Å². The zero-order valence-electron chi connectivity index (χ0n) is 3.70. The molecule has 0 saturated heterocycles. The van der Waals surface area contributed by atoms with E-state index in [0.717, 1.165) is 5.75 Å². The first kappa shape index (κ1) is 7.01. The summed E-state index contributed by atoms with van der Waals surface area (Å²) < 4.78 is 0. The van der Waals surface area contributed by atoms with Crippen LogP contribution in [0.2, 0.25) is 0 Å². The molecular formula is C3H5BFNS. The van der Waals surface area contributed by atoms with E-state index in [-0.39, 0.29) is 9.98 Å². The van der Waals surface area contributed by atoms with E-state index in [1.54, 1.807) is 11.8 Å². The van der Waals surface area contributed by atoms with E-state index in [1.807, 2.05) is 6.21 Å². The number of nitrogens with zero attached hydrogens (tertiary/aromatic N) is 1. The van der Waals surface area contributed by atoms with Gasteiger partial charge in [-0.25, -0.2) is 0 Å². The van der Waals surface area contributed by atoms with Crippen molar-refractivity contribution in [3.63, 3.8) is 0 Å². The Balaban J connectivity index is 0.000000360.